The Hall–Kier alpha value is -0.0951. The second-order valence-corrected chi connectivity index (χ2v) is 6.44. The van der Waals surface area contributed by atoms with Gasteiger partial charge in [0, 0.05) is 18.5 Å². The van der Waals surface area contributed by atoms with Gasteiger partial charge >= 0.3 is 7.12 Å². The standard InChI is InChI=1S/C13H27BN2O2/c1-13(7-3-2-4-8-13)11(15)10-16-9-5-6-12(16)14(17)18/h11-12,17-18H,2-10,15H2,1H3/t11-,12+/m1/s1. The lowest BCUT2D eigenvalue weighted by Crippen LogP contribution is -2.52. The van der Waals surface area contributed by atoms with E-state index in [-0.39, 0.29) is 17.4 Å². The van der Waals surface area contributed by atoms with E-state index in [2.05, 4.69) is 11.8 Å². The zero-order valence-corrected chi connectivity index (χ0v) is 11.5. The van der Waals surface area contributed by atoms with Gasteiger partial charge < -0.3 is 20.7 Å². The highest BCUT2D eigenvalue weighted by molar-refractivity contribution is 6.43. The second-order valence-electron chi connectivity index (χ2n) is 6.44. The topological polar surface area (TPSA) is 69.7 Å². The average molecular weight is 254 g/mol. The largest absolute Gasteiger partial charge is 0.469 e. The van der Waals surface area contributed by atoms with Gasteiger partial charge in [0.1, 0.15) is 0 Å². The van der Waals surface area contributed by atoms with Gasteiger partial charge in [-0.25, -0.2) is 0 Å². The molecule has 1 aliphatic heterocycles. The lowest BCUT2D eigenvalue weighted by Gasteiger charge is -2.41. The first-order chi connectivity index (χ1) is 8.53. The average Bonchev–Trinajstić information content (AvgIpc) is 2.78. The van der Waals surface area contributed by atoms with Gasteiger partial charge in [-0.3, -0.25) is 0 Å². The maximum atomic E-state index is 9.38. The third-order valence-corrected chi connectivity index (χ3v) is 5.08. The van der Waals surface area contributed by atoms with E-state index in [1.165, 1.54) is 32.1 Å². The molecule has 0 aromatic heterocycles. The first kappa shape index (κ1) is 14.3. The zero-order chi connectivity index (χ0) is 13.2. The van der Waals surface area contributed by atoms with Crippen molar-refractivity contribution in [1.82, 2.24) is 4.90 Å². The number of rotatable bonds is 4. The molecule has 0 aromatic carbocycles. The summed E-state index contributed by atoms with van der Waals surface area (Å²) in [4.78, 5) is 2.18. The maximum Gasteiger partial charge on any atom is 0.469 e. The molecule has 0 amide bonds. The number of hydrogen-bond acceptors (Lipinski definition) is 4. The fourth-order valence-corrected chi connectivity index (χ4v) is 3.62. The van der Waals surface area contributed by atoms with E-state index in [4.69, 9.17) is 5.73 Å². The van der Waals surface area contributed by atoms with Gasteiger partial charge in [0.2, 0.25) is 0 Å². The molecule has 2 rings (SSSR count). The molecule has 0 unspecified atom stereocenters. The normalized spacial score (nSPS) is 30.3. The van der Waals surface area contributed by atoms with E-state index in [9.17, 15) is 10.0 Å². The van der Waals surface area contributed by atoms with Crippen LogP contribution in [0.25, 0.3) is 0 Å². The summed E-state index contributed by atoms with van der Waals surface area (Å²) in [5.41, 5.74) is 6.66. The Kier molecular flexibility index (Phi) is 4.70. The van der Waals surface area contributed by atoms with Crippen molar-refractivity contribution in [3.8, 4) is 0 Å². The molecule has 4 nitrogen and oxygen atoms in total. The summed E-state index contributed by atoms with van der Waals surface area (Å²) in [5.74, 6) is -0.108. The molecule has 1 saturated carbocycles. The lowest BCUT2D eigenvalue weighted by molar-refractivity contribution is 0.128. The quantitative estimate of drug-likeness (QED) is 0.648. The Balaban J connectivity index is 1.91. The van der Waals surface area contributed by atoms with Crippen molar-refractivity contribution in [3.05, 3.63) is 0 Å². The second kappa shape index (κ2) is 5.91. The Labute approximate surface area is 111 Å². The van der Waals surface area contributed by atoms with Crippen LogP contribution in [0, 0.1) is 5.41 Å². The van der Waals surface area contributed by atoms with E-state index in [0.29, 0.717) is 0 Å². The first-order valence-electron chi connectivity index (χ1n) is 7.39. The van der Waals surface area contributed by atoms with Crippen molar-refractivity contribution in [2.75, 3.05) is 13.1 Å². The molecule has 2 atom stereocenters. The van der Waals surface area contributed by atoms with Crippen LogP contribution < -0.4 is 5.73 Å². The van der Waals surface area contributed by atoms with Crippen molar-refractivity contribution >= 4 is 7.12 Å². The molecule has 1 aliphatic carbocycles. The van der Waals surface area contributed by atoms with E-state index in [1.807, 2.05) is 0 Å². The number of nitrogens with two attached hydrogens (primary N) is 1. The Bertz CT molecular complexity index is 270. The van der Waals surface area contributed by atoms with Crippen LogP contribution in [0.15, 0.2) is 0 Å². The highest BCUT2D eigenvalue weighted by Crippen LogP contribution is 2.38. The van der Waals surface area contributed by atoms with Gasteiger partial charge in [-0.15, -0.1) is 0 Å². The third-order valence-electron chi connectivity index (χ3n) is 5.08. The Morgan fingerprint density at radius 2 is 1.94 bits per heavy atom. The molecule has 2 aliphatic rings. The minimum absolute atomic E-state index is 0.108. The summed E-state index contributed by atoms with van der Waals surface area (Å²) in [7, 11) is -1.22. The molecule has 4 N–H and O–H groups in total. The molecule has 0 spiro atoms. The summed E-state index contributed by atoms with van der Waals surface area (Å²) in [5, 5.41) is 18.8. The molecule has 0 radical (unpaired) electrons. The van der Waals surface area contributed by atoms with Crippen LogP contribution in [-0.4, -0.2) is 47.1 Å². The van der Waals surface area contributed by atoms with E-state index < -0.39 is 7.12 Å². The zero-order valence-electron chi connectivity index (χ0n) is 11.5. The van der Waals surface area contributed by atoms with Crippen molar-refractivity contribution in [1.29, 1.82) is 0 Å². The smallest absolute Gasteiger partial charge is 0.426 e. The van der Waals surface area contributed by atoms with Crippen LogP contribution in [0.5, 0.6) is 0 Å². The molecule has 1 saturated heterocycles. The highest BCUT2D eigenvalue weighted by Gasteiger charge is 2.39. The van der Waals surface area contributed by atoms with Crippen molar-refractivity contribution in [2.45, 2.75) is 63.9 Å². The van der Waals surface area contributed by atoms with E-state index in [0.717, 1.165) is 25.9 Å². The minimum atomic E-state index is -1.22. The monoisotopic (exact) mass is 254 g/mol. The molecule has 2 fully saturated rings. The van der Waals surface area contributed by atoms with Gasteiger partial charge in [-0.2, -0.15) is 0 Å². The number of likely N-dealkylation sites (tertiary alicyclic amines) is 1. The number of nitrogens with zero attached hydrogens (tertiary/aromatic N) is 1. The van der Waals surface area contributed by atoms with Crippen LogP contribution in [0.3, 0.4) is 0 Å². The van der Waals surface area contributed by atoms with Crippen LogP contribution in [0.2, 0.25) is 0 Å². The Morgan fingerprint density at radius 1 is 1.28 bits per heavy atom. The third kappa shape index (κ3) is 3.07. The molecule has 5 heteroatoms. The first-order valence-corrected chi connectivity index (χ1v) is 7.39. The van der Waals surface area contributed by atoms with E-state index >= 15 is 0 Å². The lowest BCUT2D eigenvalue weighted by atomic mass is 9.70. The summed E-state index contributed by atoms with van der Waals surface area (Å²) >= 11 is 0. The van der Waals surface area contributed by atoms with Crippen LogP contribution in [-0.2, 0) is 0 Å². The predicted octanol–water partition coefficient (Wildman–Crippen LogP) is 0.760. The van der Waals surface area contributed by atoms with Gasteiger partial charge in [0.15, 0.2) is 0 Å². The van der Waals surface area contributed by atoms with Crippen molar-refractivity contribution in [3.63, 3.8) is 0 Å². The van der Waals surface area contributed by atoms with Gasteiger partial charge in [0.05, 0.1) is 0 Å². The predicted molar refractivity (Wildman–Crippen MR) is 74.0 cm³/mol. The fraction of sp³-hybridized carbons (Fsp3) is 1.00. The Morgan fingerprint density at radius 3 is 2.56 bits per heavy atom. The number of hydrogen-bond donors (Lipinski definition) is 3. The van der Waals surface area contributed by atoms with Gasteiger partial charge in [0.25, 0.3) is 0 Å². The highest BCUT2D eigenvalue weighted by atomic mass is 16.4. The summed E-state index contributed by atoms with van der Waals surface area (Å²) < 4.78 is 0. The minimum Gasteiger partial charge on any atom is -0.426 e. The van der Waals surface area contributed by atoms with Crippen LogP contribution in [0.4, 0.5) is 0 Å². The molecular formula is C13H27BN2O2. The summed E-state index contributed by atoms with van der Waals surface area (Å²) in [6.07, 6.45) is 8.27. The van der Waals surface area contributed by atoms with Crippen LogP contribution >= 0.6 is 0 Å². The van der Waals surface area contributed by atoms with Crippen LogP contribution in [0.1, 0.15) is 51.9 Å². The van der Waals surface area contributed by atoms with E-state index in [1.54, 1.807) is 0 Å². The summed E-state index contributed by atoms with van der Waals surface area (Å²) in [6.45, 7) is 4.06. The molecule has 0 bridgehead atoms. The van der Waals surface area contributed by atoms with Gasteiger partial charge in [-0.1, -0.05) is 26.2 Å². The molecule has 18 heavy (non-hydrogen) atoms. The summed E-state index contributed by atoms with van der Waals surface area (Å²) in [6, 6.07) is 0.150. The SMILES string of the molecule is CC1([C@H](N)CN2CCC[C@H]2B(O)O)CCCCC1. The molecule has 0 aromatic rings. The molecule has 104 valence electrons. The molecular weight excluding hydrogens is 227 g/mol. The van der Waals surface area contributed by atoms with Gasteiger partial charge in [-0.05, 0) is 37.6 Å². The van der Waals surface area contributed by atoms with Crippen molar-refractivity contribution in [2.24, 2.45) is 11.1 Å². The molecule has 1 heterocycles. The van der Waals surface area contributed by atoms with Crippen molar-refractivity contribution < 1.29 is 10.0 Å². The maximum absolute atomic E-state index is 9.38. The fourth-order valence-electron chi connectivity index (χ4n) is 3.62.